The van der Waals surface area contributed by atoms with Gasteiger partial charge in [0.2, 0.25) is 0 Å². The number of nitrogens with zero attached hydrogens (tertiary/aromatic N) is 1. The summed E-state index contributed by atoms with van der Waals surface area (Å²) in [6, 6.07) is 6.60. The molecule has 0 spiro atoms. The molecule has 92 valence electrons. The maximum atomic E-state index is 12.9. The van der Waals surface area contributed by atoms with E-state index in [4.69, 9.17) is 0 Å². The molecule has 2 nitrogen and oxygen atoms in total. The topological polar surface area (TPSA) is 24.4 Å². The van der Waals surface area contributed by atoms with Crippen LogP contribution in [0.5, 0.6) is 0 Å². The van der Waals surface area contributed by atoms with Gasteiger partial charge in [-0.05, 0) is 23.8 Å². The molecule has 3 heteroatoms. The highest BCUT2D eigenvalue weighted by atomic mass is 19.1. The quantitative estimate of drug-likeness (QED) is 0.628. The molecule has 1 aromatic carbocycles. The van der Waals surface area contributed by atoms with Crippen LogP contribution in [-0.2, 0) is 5.41 Å². The van der Waals surface area contributed by atoms with Crippen molar-refractivity contribution in [1.82, 2.24) is 5.32 Å². The first-order valence-corrected chi connectivity index (χ1v) is 5.59. The average Bonchev–Trinajstić information content (AvgIpc) is 2.31. The third-order valence-corrected chi connectivity index (χ3v) is 2.77. The van der Waals surface area contributed by atoms with Gasteiger partial charge in [0.25, 0.3) is 0 Å². The van der Waals surface area contributed by atoms with Gasteiger partial charge in [0.15, 0.2) is 0 Å². The molecule has 1 N–H and O–H groups in total. The molecule has 0 aliphatic carbocycles. The lowest BCUT2D eigenvalue weighted by Crippen LogP contribution is -2.35. The van der Waals surface area contributed by atoms with E-state index in [1.165, 1.54) is 12.1 Å². The first kappa shape index (κ1) is 13.4. The lowest BCUT2D eigenvalue weighted by molar-refractivity contribution is 0.511. The predicted octanol–water partition coefficient (Wildman–Crippen LogP) is 2.91. The Morgan fingerprint density at radius 2 is 2.00 bits per heavy atom. The highest BCUT2D eigenvalue weighted by Gasteiger charge is 2.20. The van der Waals surface area contributed by atoms with Crippen LogP contribution in [0.25, 0.3) is 0 Å². The summed E-state index contributed by atoms with van der Waals surface area (Å²) in [5.74, 6) is 0.555. The minimum atomic E-state index is -0.209. The average molecular weight is 234 g/mol. The molecule has 0 aliphatic heterocycles. The molecular weight excluding hydrogens is 215 g/mol. The molecule has 0 heterocycles. The van der Waals surface area contributed by atoms with Gasteiger partial charge in [-0.1, -0.05) is 32.6 Å². The molecule has 0 bridgehead atoms. The third kappa shape index (κ3) is 3.70. The van der Waals surface area contributed by atoms with Crippen LogP contribution in [0.4, 0.5) is 4.39 Å². The summed E-state index contributed by atoms with van der Waals surface area (Å²) < 4.78 is 12.9. The van der Waals surface area contributed by atoms with Gasteiger partial charge in [0.1, 0.15) is 11.7 Å². The molecule has 0 saturated carbocycles. The van der Waals surface area contributed by atoms with Crippen LogP contribution in [0.2, 0.25) is 0 Å². The zero-order valence-electron chi connectivity index (χ0n) is 10.6. The number of nitrogens with one attached hydrogen (secondary N) is 1. The molecule has 0 unspecified atom stereocenters. The van der Waals surface area contributed by atoms with Crippen molar-refractivity contribution >= 4 is 5.84 Å². The SMILES string of the molecule is C=CC(=NC)NCC(C)(C)c1ccc(F)cc1. The van der Waals surface area contributed by atoms with E-state index < -0.39 is 0 Å². The Morgan fingerprint density at radius 1 is 1.41 bits per heavy atom. The smallest absolute Gasteiger partial charge is 0.123 e. The number of hydrogen-bond acceptors (Lipinski definition) is 1. The Kier molecular flexibility index (Phi) is 4.44. The standard InChI is InChI=1S/C14H19FN2/c1-5-13(16-4)17-10-14(2,3)11-6-8-12(15)9-7-11/h5-9H,1,10H2,2-4H3,(H,16,17). The summed E-state index contributed by atoms with van der Waals surface area (Å²) in [6.45, 7) is 8.60. The van der Waals surface area contributed by atoms with Gasteiger partial charge in [-0.15, -0.1) is 0 Å². The van der Waals surface area contributed by atoms with E-state index in [1.54, 1.807) is 13.1 Å². The molecule has 0 saturated heterocycles. The fourth-order valence-electron chi connectivity index (χ4n) is 1.56. The first-order valence-electron chi connectivity index (χ1n) is 5.59. The Morgan fingerprint density at radius 3 is 2.47 bits per heavy atom. The van der Waals surface area contributed by atoms with Crippen LogP contribution in [0, 0.1) is 5.82 Å². The second-order valence-corrected chi connectivity index (χ2v) is 4.56. The van der Waals surface area contributed by atoms with Crippen LogP contribution >= 0.6 is 0 Å². The number of rotatable bonds is 4. The predicted molar refractivity (Wildman–Crippen MR) is 71.0 cm³/mol. The van der Waals surface area contributed by atoms with E-state index >= 15 is 0 Å². The van der Waals surface area contributed by atoms with Crippen molar-refractivity contribution in [2.24, 2.45) is 4.99 Å². The molecule has 0 radical (unpaired) electrons. The fourth-order valence-corrected chi connectivity index (χ4v) is 1.56. The van der Waals surface area contributed by atoms with Crippen LogP contribution in [0.15, 0.2) is 41.9 Å². The van der Waals surface area contributed by atoms with Crippen molar-refractivity contribution in [3.05, 3.63) is 48.3 Å². The zero-order valence-corrected chi connectivity index (χ0v) is 10.6. The second kappa shape index (κ2) is 5.62. The van der Waals surface area contributed by atoms with Crippen molar-refractivity contribution < 1.29 is 4.39 Å². The first-order chi connectivity index (χ1) is 7.99. The van der Waals surface area contributed by atoms with E-state index in [-0.39, 0.29) is 11.2 Å². The number of amidine groups is 1. The molecule has 17 heavy (non-hydrogen) atoms. The molecule has 1 aromatic rings. The van der Waals surface area contributed by atoms with Crippen LogP contribution < -0.4 is 5.32 Å². The molecular formula is C14H19FN2. The highest BCUT2D eigenvalue weighted by molar-refractivity contribution is 5.92. The summed E-state index contributed by atoms with van der Waals surface area (Å²) >= 11 is 0. The molecule has 0 atom stereocenters. The van der Waals surface area contributed by atoms with E-state index in [0.29, 0.717) is 0 Å². The molecule has 0 fully saturated rings. The van der Waals surface area contributed by atoms with Crippen molar-refractivity contribution in [2.45, 2.75) is 19.3 Å². The minimum absolute atomic E-state index is 0.0906. The summed E-state index contributed by atoms with van der Waals surface area (Å²) in [6.07, 6.45) is 1.68. The maximum Gasteiger partial charge on any atom is 0.123 e. The van der Waals surface area contributed by atoms with Crippen molar-refractivity contribution in [1.29, 1.82) is 0 Å². The maximum absolute atomic E-state index is 12.9. The molecule has 1 rings (SSSR count). The Labute approximate surface area is 102 Å². The zero-order chi connectivity index (χ0) is 12.9. The molecule has 0 aromatic heterocycles. The van der Waals surface area contributed by atoms with Gasteiger partial charge < -0.3 is 5.32 Å². The fraction of sp³-hybridized carbons (Fsp3) is 0.357. The monoisotopic (exact) mass is 234 g/mol. The number of aliphatic imine (C=N–C) groups is 1. The van der Waals surface area contributed by atoms with Crippen LogP contribution in [-0.4, -0.2) is 19.4 Å². The summed E-state index contributed by atoms with van der Waals surface area (Å²) in [5, 5.41) is 3.21. The lowest BCUT2D eigenvalue weighted by atomic mass is 9.84. The van der Waals surface area contributed by atoms with Crippen LogP contribution in [0.3, 0.4) is 0 Å². The van der Waals surface area contributed by atoms with Gasteiger partial charge in [0.05, 0.1) is 0 Å². The number of halogens is 1. The lowest BCUT2D eigenvalue weighted by Gasteiger charge is -2.26. The second-order valence-electron chi connectivity index (χ2n) is 4.56. The minimum Gasteiger partial charge on any atom is -0.370 e. The normalized spacial score (nSPS) is 12.4. The highest BCUT2D eigenvalue weighted by Crippen LogP contribution is 2.22. The third-order valence-electron chi connectivity index (χ3n) is 2.77. The Hall–Kier alpha value is -1.64. The van der Waals surface area contributed by atoms with Gasteiger partial charge in [0, 0.05) is 19.0 Å². The number of benzene rings is 1. The van der Waals surface area contributed by atoms with E-state index in [0.717, 1.165) is 17.9 Å². The van der Waals surface area contributed by atoms with E-state index in [1.807, 2.05) is 12.1 Å². The largest absolute Gasteiger partial charge is 0.370 e. The van der Waals surface area contributed by atoms with Gasteiger partial charge >= 0.3 is 0 Å². The summed E-state index contributed by atoms with van der Waals surface area (Å²) in [7, 11) is 1.72. The van der Waals surface area contributed by atoms with Crippen LogP contribution in [0.1, 0.15) is 19.4 Å². The molecule has 0 amide bonds. The van der Waals surface area contributed by atoms with Crippen molar-refractivity contribution in [3.8, 4) is 0 Å². The van der Waals surface area contributed by atoms with Crippen molar-refractivity contribution in [2.75, 3.05) is 13.6 Å². The Bertz CT molecular complexity index is 405. The van der Waals surface area contributed by atoms with E-state index in [2.05, 4.69) is 30.7 Å². The summed E-state index contributed by atoms with van der Waals surface area (Å²) in [5.41, 5.74) is 0.998. The van der Waals surface area contributed by atoms with E-state index in [9.17, 15) is 4.39 Å². The van der Waals surface area contributed by atoms with Gasteiger partial charge in [-0.25, -0.2) is 4.39 Å². The summed E-state index contributed by atoms with van der Waals surface area (Å²) in [4.78, 5) is 4.04. The molecule has 0 aliphatic rings. The van der Waals surface area contributed by atoms with Gasteiger partial charge in [-0.2, -0.15) is 0 Å². The Balaban J connectivity index is 2.74. The number of hydrogen-bond donors (Lipinski definition) is 1. The van der Waals surface area contributed by atoms with Crippen molar-refractivity contribution in [3.63, 3.8) is 0 Å². The van der Waals surface area contributed by atoms with Gasteiger partial charge in [-0.3, -0.25) is 4.99 Å².